The zero-order chi connectivity index (χ0) is 15.4. The Hall–Kier alpha value is -2.75. The van der Waals surface area contributed by atoms with Gasteiger partial charge in [0.15, 0.2) is 0 Å². The number of carbonyl (C=O) groups is 1. The molecule has 0 saturated carbocycles. The van der Waals surface area contributed by atoms with Crippen molar-refractivity contribution in [3.63, 3.8) is 0 Å². The molecule has 2 rings (SSSR count). The molecule has 4 nitrogen and oxygen atoms in total. The van der Waals surface area contributed by atoms with Crippen molar-refractivity contribution in [2.75, 3.05) is 14.2 Å². The van der Waals surface area contributed by atoms with Gasteiger partial charge in [-0.1, -0.05) is 18.7 Å². The van der Waals surface area contributed by atoms with Crippen LogP contribution in [-0.4, -0.2) is 25.3 Å². The Labute approximate surface area is 123 Å². The molecule has 0 aliphatic heterocycles. The molecule has 0 fully saturated rings. The van der Waals surface area contributed by atoms with Crippen LogP contribution < -0.4 is 9.47 Å². The minimum absolute atomic E-state index is 0.162. The lowest BCUT2D eigenvalue weighted by Crippen LogP contribution is -2.03. The smallest absolute Gasteiger partial charge is 0.336 e. The van der Waals surface area contributed by atoms with Crippen molar-refractivity contribution in [1.82, 2.24) is 0 Å². The number of aromatic carboxylic acids is 1. The van der Waals surface area contributed by atoms with Gasteiger partial charge in [-0.2, -0.15) is 0 Å². The molecule has 108 valence electrons. The largest absolute Gasteiger partial charge is 0.497 e. The summed E-state index contributed by atoms with van der Waals surface area (Å²) in [6, 6.07) is 12.2. The van der Waals surface area contributed by atoms with Crippen LogP contribution in [0.1, 0.15) is 21.5 Å². The van der Waals surface area contributed by atoms with Crippen LogP contribution in [0.5, 0.6) is 11.5 Å². The molecule has 0 aromatic heterocycles. The Morgan fingerprint density at radius 3 is 2.05 bits per heavy atom. The Morgan fingerprint density at radius 2 is 1.52 bits per heavy atom. The highest BCUT2D eigenvalue weighted by molar-refractivity contribution is 5.97. The van der Waals surface area contributed by atoms with Crippen molar-refractivity contribution in [1.29, 1.82) is 0 Å². The van der Waals surface area contributed by atoms with E-state index in [1.165, 1.54) is 13.2 Å². The molecule has 0 spiro atoms. The first-order valence-electron chi connectivity index (χ1n) is 6.32. The van der Waals surface area contributed by atoms with Gasteiger partial charge in [0.25, 0.3) is 0 Å². The second-order valence-corrected chi connectivity index (χ2v) is 4.42. The van der Waals surface area contributed by atoms with E-state index in [1.54, 1.807) is 19.2 Å². The Balaban J connectivity index is 2.44. The van der Waals surface area contributed by atoms with E-state index >= 15 is 0 Å². The third-order valence-electron chi connectivity index (χ3n) is 3.22. The molecular formula is C17H16O4. The number of methoxy groups -OCH3 is 2. The fraction of sp³-hybridized carbons (Fsp3) is 0.118. The summed E-state index contributed by atoms with van der Waals surface area (Å²) < 4.78 is 10.2. The van der Waals surface area contributed by atoms with E-state index in [1.807, 2.05) is 24.3 Å². The number of hydrogen-bond acceptors (Lipinski definition) is 3. The molecule has 0 unspecified atom stereocenters. The van der Waals surface area contributed by atoms with Crippen LogP contribution in [0.3, 0.4) is 0 Å². The monoisotopic (exact) mass is 284 g/mol. The van der Waals surface area contributed by atoms with Gasteiger partial charge in [0.2, 0.25) is 0 Å². The van der Waals surface area contributed by atoms with E-state index in [-0.39, 0.29) is 5.56 Å². The number of carboxylic acid groups (broad SMARTS) is 1. The first kappa shape index (κ1) is 14.7. The number of benzene rings is 2. The SMILES string of the molecule is C=C(c1ccc(OC)cc1)c1ccc(OC)cc1C(=O)O. The predicted octanol–water partition coefficient (Wildman–Crippen LogP) is 3.46. The Kier molecular flexibility index (Phi) is 4.28. The van der Waals surface area contributed by atoms with Gasteiger partial charge >= 0.3 is 5.97 Å². The molecule has 2 aromatic rings. The van der Waals surface area contributed by atoms with Crippen molar-refractivity contribution in [2.24, 2.45) is 0 Å². The lowest BCUT2D eigenvalue weighted by Gasteiger charge is -2.12. The van der Waals surface area contributed by atoms with Crippen LogP contribution >= 0.6 is 0 Å². The molecule has 0 heterocycles. The van der Waals surface area contributed by atoms with E-state index in [0.29, 0.717) is 16.9 Å². The molecule has 0 aliphatic rings. The summed E-state index contributed by atoms with van der Waals surface area (Å²) in [4.78, 5) is 11.4. The van der Waals surface area contributed by atoms with Gasteiger partial charge in [-0.3, -0.25) is 0 Å². The van der Waals surface area contributed by atoms with Gasteiger partial charge < -0.3 is 14.6 Å². The highest BCUT2D eigenvalue weighted by Crippen LogP contribution is 2.28. The maximum atomic E-state index is 11.4. The van der Waals surface area contributed by atoms with Crippen LogP contribution in [-0.2, 0) is 0 Å². The van der Waals surface area contributed by atoms with Gasteiger partial charge in [-0.05, 0) is 47.0 Å². The standard InChI is InChI=1S/C17H16O4/c1-11(12-4-6-13(20-2)7-5-12)15-9-8-14(21-3)10-16(15)17(18)19/h4-10H,1H2,2-3H3,(H,18,19). The van der Waals surface area contributed by atoms with Crippen molar-refractivity contribution >= 4 is 11.5 Å². The fourth-order valence-corrected chi connectivity index (χ4v) is 2.04. The second-order valence-electron chi connectivity index (χ2n) is 4.42. The van der Waals surface area contributed by atoms with Gasteiger partial charge in [0, 0.05) is 0 Å². The zero-order valence-electron chi connectivity index (χ0n) is 11.9. The lowest BCUT2D eigenvalue weighted by atomic mass is 9.95. The molecule has 0 amide bonds. The molecular weight excluding hydrogens is 268 g/mol. The average Bonchev–Trinajstić information content (AvgIpc) is 2.53. The van der Waals surface area contributed by atoms with E-state index in [9.17, 15) is 9.90 Å². The summed E-state index contributed by atoms with van der Waals surface area (Å²) in [6.45, 7) is 4.00. The highest BCUT2D eigenvalue weighted by atomic mass is 16.5. The quantitative estimate of drug-likeness (QED) is 0.913. The molecule has 0 aliphatic carbocycles. The summed E-state index contributed by atoms with van der Waals surface area (Å²) in [6.07, 6.45) is 0. The van der Waals surface area contributed by atoms with E-state index < -0.39 is 5.97 Å². The van der Waals surface area contributed by atoms with Crippen molar-refractivity contribution in [3.8, 4) is 11.5 Å². The summed E-state index contributed by atoms with van der Waals surface area (Å²) in [5.74, 6) is 0.219. The fourth-order valence-electron chi connectivity index (χ4n) is 2.04. The summed E-state index contributed by atoms with van der Waals surface area (Å²) in [7, 11) is 3.09. The molecule has 4 heteroatoms. The van der Waals surface area contributed by atoms with Gasteiger partial charge in [0.05, 0.1) is 19.8 Å². The summed E-state index contributed by atoms with van der Waals surface area (Å²) in [5, 5.41) is 9.35. The summed E-state index contributed by atoms with van der Waals surface area (Å²) >= 11 is 0. The third-order valence-corrected chi connectivity index (χ3v) is 3.22. The van der Waals surface area contributed by atoms with E-state index in [0.717, 1.165) is 11.3 Å². The molecule has 0 bridgehead atoms. The van der Waals surface area contributed by atoms with Crippen molar-refractivity contribution in [2.45, 2.75) is 0 Å². The van der Waals surface area contributed by atoms with E-state index in [2.05, 4.69) is 6.58 Å². The highest BCUT2D eigenvalue weighted by Gasteiger charge is 2.15. The number of rotatable bonds is 5. The Bertz CT molecular complexity index is 672. The molecule has 0 saturated heterocycles. The first-order chi connectivity index (χ1) is 10.1. The van der Waals surface area contributed by atoms with Crippen LogP contribution in [0.15, 0.2) is 49.0 Å². The maximum Gasteiger partial charge on any atom is 0.336 e. The molecule has 0 atom stereocenters. The number of hydrogen-bond donors (Lipinski definition) is 1. The first-order valence-corrected chi connectivity index (χ1v) is 6.32. The van der Waals surface area contributed by atoms with Crippen LogP contribution in [0.2, 0.25) is 0 Å². The van der Waals surface area contributed by atoms with Crippen molar-refractivity contribution in [3.05, 3.63) is 65.7 Å². The third kappa shape index (κ3) is 3.05. The number of ether oxygens (including phenoxy) is 2. The molecule has 1 N–H and O–H groups in total. The molecule has 0 radical (unpaired) electrons. The summed E-state index contributed by atoms with van der Waals surface area (Å²) in [5.41, 5.74) is 2.20. The van der Waals surface area contributed by atoms with Gasteiger partial charge in [0.1, 0.15) is 11.5 Å². The predicted molar refractivity (Wildman–Crippen MR) is 81.1 cm³/mol. The molecule has 21 heavy (non-hydrogen) atoms. The van der Waals surface area contributed by atoms with Crippen LogP contribution in [0, 0.1) is 0 Å². The van der Waals surface area contributed by atoms with Crippen LogP contribution in [0.4, 0.5) is 0 Å². The minimum Gasteiger partial charge on any atom is -0.497 e. The van der Waals surface area contributed by atoms with E-state index in [4.69, 9.17) is 9.47 Å². The second kappa shape index (κ2) is 6.13. The maximum absolute atomic E-state index is 11.4. The normalized spacial score (nSPS) is 10.0. The van der Waals surface area contributed by atoms with Gasteiger partial charge in [-0.15, -0.1) is 0 Å². The minimum atomic E-state index is -1.02. The number of carboxylic acids is 1. The lowest BCUT2D eigenvalue weighted by molar-refractivity contribution is 0.0696. The molecule has 2 aromatic carbocycles. The van der Waals surface area contributed by atoms with Crippen LogP contribution in [0.25, 0.3) is 5.57 Å². The average molecular weight is 284 g/mol. The topological polar surface area (TPSA) is 55.8 Å². The van der Waals surface area contributed by atoms with Gasteiger partial charge in [-0.25, -0.2) is 4.79 Å². The zero-order valence-corrected chi connectivity index (χ0v) is 11.9. The Morgan fingerprint density at radius 1 is 0.952 bits per heavy atom. The van der Waals surface area contributed by atoms with Crippen molar-refractivity contribution < 1.29 is 19.4 Å².